The quantitative estimate of drug-likeness (QED) is 0.863. The van der Waals surface area contributed by atoms with Gasteiger partial charge in [0.05, 0.1) is 0 Å². The van der Waals surface area contributed by atoms with E-state index in [-0.39, 0.29) is 11.9 Å². The van der Waals surface area contributed by atoms with Crippen molar-refractivity contribution in [1.82, 2.24) is 5.32 Å². The van der Waals surface area contributed by atoms with Crippen molar-refractivity contribution in [2.24, 2.45) is 0 Å². The minimum absolute atomic E-state index is 0.114. The van der Waals surface area contributed by atoms with Crippen molar-refractivity contribution in [2.45, 2.75) is 45.8 Å². The largest absolute Gasteiger partial charge is 0.481 e. The molecule has 1 N–H and O–H groups in total. The highest BCUT2D eigenvalue weighted by atomic mass is 79.9. The summed E-state index contributed by atoms with van der Waals surface area (Å²) in [5.41, 5.74) is 0. The van der Waals surface area contributed by atoms with Crippen LogP contribution in [0.5, 0.6) is 5.75 Å². The SMILES string of the molecule is CCCC(C)NC(=O)C(C)Oc1cc(F)cc(Br)c1. The highest BCUT2D eigenvalue weighted by Crippen LogP contribution is 2.21. The zero-order chi connectivity index (χ0) is 14.4. The Hall–Kier alpha value is -1.10. The van der Waals surface area contributed by atoms with E-state index in [2.05, 4.69) is 28.2 Å². The number of benzene rings is 1. The van der Waals surface area contributed by atoms with Crippen LogP contribution in [0.15, 0.2) is 22.7 Å². The lowest BCUT2D eigenvalue weighted by Gasteiger charge is -2.18. The predicted molar refractivity (Wildman–Crippen MR) is 76.7 cm³/mol. The highest BCUT2D eigenvalue weighted by Gasteiger charge is 2.17. The van der Waals surface area contributed by atoms with Gasteiger partial charge in [0, 0.05) is 16.6 Å². The Morgan fingerprint density at radius 2 is 2.11 bits per heavy atom. The van der Waals surface area contributed by atoms with E-state index in [1.165, 1.54) is 12.1 Å². The van der Waals surface area contributed by atoms with Crippen molar-refractivity contribution in [3.8, 4) is 5.75 Å². The average Bonchev–Trinajstić information content (AvgIpc) is 2.27. The van der Waals surface area contributed by atoms with Gasteiger partial charge in [-0.15, -0.1) is 0 Å². The van der Waals surface area contributed by atoms with Crippen molar-refractivity contribution >= 4 is 21.8 Å². The van der Waals surface area contributed by atoms with Gasteiger partial charge < -0.3 is 10.1 Å². The van der Waals surface area contributed by atoms with Crippen molar-refractivity contribution in [3.05, 3.63) is 28.5 Å². The molecule has 0 aliphatic rings. The first-order chi connectivity index (χ1) is 8.92. The van der Waals surface area contributed by atoms with E-state index in [1.54, 1.807) is 13.0 Å². The first-order valence-electron chi connectivity index (χ1n) is 6.35. The van der Waals surface area contributed by atoms with Gasteiger partial charge >= 0.3 is 0 Å². The van der Waals surface area contributed by atoms with Crippen molar-refractivity contribution in [2.75, 3.05) is 0 Å². The first-order valence-corrected chi connectivity index (χ1v) is 7.14. The van der Waals surface area contributed by atoms with E-state index in [0.717, 1.165) is 12.8 Å². The van der Waals surface area contributed by atoms with Gasteiger partial charge in [0.1, 0.15) is 11.6 Å². The van der Waals surface area contributed by atoms with Crippen molar-refractivity contribution in [3.63, 3.8) is 0 Å². The number of rotatable bonds is 6. The summed E-state index contributed by atoms with van der Waals surface area (Å²) in [6.45, 7) is 5.66. The van der Waals surface area contributed by atoms with Crippen LogP contribution in [-0.2, 0) is 4.79 Å². The molecule has 1 rings (SSSR count). The number of carbonyl (C=O) groups excluding carboxylic acids is 1. The molecule has 0 aromatic heterocycles. The summed E-state index contributed by atoms with van der Waals surface area (Å²) in [4.78, 5) is 11.9. The summed E-state index contributed by atoms with van der Waals surface area (Å²) >= 11 is 3.18. The van der Waals surface area contributed by atoms with Crippen molar-refractivity contribution in [1.29, 1.82) is 0 Å². The molecule has 0 aliphatic carbocycles. The highest BCUT2D eigenvalue weighted by molar-refractivity contribution is 9.10. The lowest BCUT2D eigenvalue weighted by Crippen LogP contribution is -2.41. The Balaban J connectivity index is 2.58. The third kappa shape index (κ3) is 5.59. The van der Waals surface area contributed by atoms with Gasteiger partial charge in [0.15, 0.2) is 6.10 Å². The van der Waals surface area contributed by atoms with Crippen molar-refractivity contribution < 1.29 is 13.9 Å². The van der Waals surface area contributed by atoms with Crippen LogP contribution in [0, 0.1) is 5.82 Å². The third-order valence-electron chi connectivity index (χ3n) is 2.63. The number of hydrogen-bond donors (Lipinski definition) is 1. The van der Waals surface area contributed by atoms with Crippen LogP contribution in [0.2, 0.25) is 0 Å². The molecule has 0 bridgehead atoms. The zero-order valence-electron chi connectivity index (χ0n) is 11.4. The number of ether oxygens (including phenoxy) is 1. The van der Waals surface area contributed by atoms with E-state index >= 15 is 0 Å². The van der Waals surface area contributed by atoms with Gasteiger partial charge in [-0.1, -0.05) is 29.3 Å². The Morgan fingerprint density at radius 1 is 1.42 bits per heavy atom. The lowest BCUT2D eigenvalue weighted by atomic mass is 10.2. The van der Waals surface area contributed by atoms with Gasteiger partial charge in [-0.05, 0) is 32.4 Å². The molecule has 0 aliphatic heterocycles. The molecule has 0 saturated heterocycles. The molecule has 1 amide bonds. The van der Waals surface area contributed by atoms with Crippen LogP contribution in [0.25, 0.3) is 0 Å². The normalized spacial score (nSPS) is 13.7. The van der Waals surface area contributed by atoms with Crippen LogP contribution >= 0.6 is 15.9 Å². The van der Waals surface area contributed by atoms with E-state index in [0.29, 0.717) is 10.2 Å². The van der Waals surface area contributed by atoms with Gasteiger partial charge in [-0.3, -0.25) is 4.79 Å². The number of halogens is 2. The van der Waals surface area contributed by atoms with E-state index < -0.39 is 11.9 Å². The number of nitrogens with one attached hydrogen (secondary N) is 1. The van der Waals surface area contributed by atoms with Gasteiger partial charge in [0.2, 0.25) is 0 Å². The monoisotopic (exact) mass is 331 g/mol. The molecular formula is C14H19BrFNO2. The molecule has 0 heterocycles. The Kier molecular flexibility index (Phi) is 6.28. The summed E-state index contributed by atoms with van der Waals surface area (Å²) < 4.78 is 19.2. The molecule has 3 nitrogen and oxygen atoms in total. The number of amides is 1. The number of carbonyl (C=O) groups is 1. The minimum Gasteiger partial charge on any atom is -0.481 e. The molecule has 1 aromatic rings. The number of hydrogen-bond acceptors (Lipinski definition) is 2. The van der Waals surface area contributed by atoms with E-state index in [1.807, 2.05) is 6.92 Å². The summed E-state index contributed by atoms with van der Waals surface area (Å²) in [7, 11) is 0. The molecule has 106 valence electrons. The molecule has 0 fully saturated rings. The molecule has 0 spiro atoms. The lowest BCUT2D eigenvalue weighted by molar-refractivity contribution is -0.127. The van der Waals surface area contributed by atoms with Gasteiger partial charge in [0.25, 0.3) is 5.91 Å². The van der Waals surface area contributed by atoms with E-state index in [9.17, 15) is 9.18 Å². The fourth-order valence-electron chi connectivity index (χ4n) is 1.72. The summed E-state index contributed by atoms with van der Waals surface area (Å²) in [5.74, 6) is -0.268. The van der Waals surface area contributed by atoms with Crippen LogP contribution in [0.4, 0.5) is 4.39 Å². The van der Waals surface area contributed by atoms with Crippen LogP contribution < -0.4 is 10.1 Å². The van der Waals surface area contributed by atoms with Crippen LogP contribution in [0.3, 0.4) is 0 Å². The Morgan fingerprint density at radius 3 is 2.68 bits per heavy atom. The topological polar surface area (TPSA) is 38.3 Å². The maximum atomic E-state index is 13.2. The third-order valence-corrected chi connectivity index (χ3v) is 3.09. The van der Waals surface area contributed by atoms with Gasteiger partial charge in [-0.25, -0.2) is 4.39 Å². The molecule has 5 heteroatoms. The Bertz CT molecular complexity index is 419. The van der Waals surface area contributed by atoms with E-state index in [4.69, 9.17) is 4.74 Å². The fourth-order valence-corrected chi connectivity index (χ4v) is 2.16. The summed E-state index contributed by atoms with van der Waals surface area (Å²) in [6, 6.07) is 4.33. The summed E-state index contributed by atoms with van der Waals surface area (Å²) in [5, 5.41) is 2.86. The standard InChI is InChI=1S/C14H19BrFNO2/c1-4-5-9(2)17-14(18)10(3)19-13-7-11(15)6-12(16)8-13/h6-10H,4-5H2,1-3H3,(H,17,18). The molecule has 1 aromatic carbocycles. The second kappa shape index (κ2) is 7.48. The Labute approximate surface area is 121 Å². The maximum Gasteiger partial charge on any atom is 0.260 e. The minimum atomic E-state index is -0.659. The molecule has 2 unspecified atom stereocenters. The molecule has 19 heavy (non-hydrogen) atoms. The molecule has 0 saturated carbocycles. The van der Waals surface area contributed by atoms with Crippen LogP contribution in [-0.4, -0.2) is 18.1 Å². The second-order valence-corrected chi connectivity index (χ2v) is 5.48. The summed E-state index contributed by atoms with van der Waals surface area (Å²) in [6.07, 6.45) is 1.27. The van der Waals surface area contributed by atoms with Crippen LogP contribution in [0.1, 0.15) is 33.6 Å². The molecular weight excluding hydrogens is 313 g/mol. The first kappa shape index (κ1) is 16.0. The predicted octanol–water partition coefficient (Wildman–Crippen LogP) is 3.66. The zero-order valence-corrected chi connectivity index (χ0v) is 13.0. The molecule has 2 atom stereocenters. The van der Waals surface area contributed by atoms with Gasteiger partial charge in [-0.2, -0.15) is 0 Å². The maximum absolute atomic E-state index is 13.2. The molecule has 0 radical (unpaired) electrons. The fraction of sp³-hybridized carbons (Fsp3) is 0.500. The average molecular weight is 332 g/mol. The second-order valence-electron chi connectivity index (χ2n) is 4.56. The smallest absolute Gasteiger partial charge is 0.260 e.